The number of amides is 2. The van der Waals surface area contributed by atoms with E-state index in [2.05, 4.69) is 5.32 Å². The highest BCUT2D eigenvalue weighted by Crippen LogP contribution is 2.16. The van der Waals surface area contributed by atoms with Crippen molar-refractivity contribution in [1.29, 1.82) is 0 Å². The summed E-state index contributed by atoms with van der Waals surface area (Å²) in [6, 6.07) is 4.01. The number of halogens is 1. The molecule has 0 saturated heterocycles. The van der Waals surface area contributed by atoms with Crippen LogP contribution in [0.15, 0.2) is 18.2 Å². The van der Waals surface area contributed by atoms with Gasteiger partial charge >= 0.3 is 6.03 Å². The van der Waals surface area contributed by atoms with Gasteiger partial charge in [0.15, 0.2) is 0 Å². The predicted octanol–water partition coefficient (Wildman–Crippen LogP) is 2.24. The third-order valence-electron chi connectivity index (χ3n) is 2.42. The lowest BCUT2D eigenvalue weighted by Crippen LogP contribution is -2.34. The normalized spacial score (nSPS) is 10.1. The number of benzene rings is 1. The fraction of sp³-hybridized carbons (Fsp3) is 0.417. The summed E-state index contributed by atoms with van der Waals surface area (Å²) in [6.07, 6.45) is 0. The zero-order valence-corrected chi connectivity index (χ0v) is 10.3. The van der Waals surface area contributed by atoms with Gasteiger partial charge in [-0.3, -0.25) is 0 Å². The van der Waals surface area contributed by atoms with Crippen LogP contribution in [0.5, 0.6) is 0 Å². The molecule has 1 aromatic carbocycles. The fourth-order valence-electron chi connectivity index (χ4n) is 1.27. The third kappa shape index (κ3) is 4.03. The number of methoxy groups -OCH3 is 1. The summed E-state index contributed by atoms with van der Waals surface area (Å²) >= 11 is 0. The lowest BCUT2D eigenvalue weighted by atomic mass is 10.2. The molecule has 1 rings (SSSR count). The van der Waals surface area contributed by atoms with Crippen molar-refractivity contribution in [2.24, 2.45) is 0 Å². The molecule has 0 aliphatic rings. The lowest BCUT2D eigenvalue weighted by molar-refractivity contribution is 0.165. The second kappa shape index (κ2) is 6.20. The Bertz CT molecular complexity index is 396. The van der Waals surface area contributed by atoms with Gasteiger partial charge in [-0.25, -0.2) is 9.18 Å². The zero-order valence-electron chi connectivity index (χ0n) is 10.3. The number of urea groups is 1. The van der Waals surface area contributed by atoms with Crippen molar-refractivity contribution < 1.29 is 13.9 Å². The van der Waals surface area contributed by atoms with Gasteiger partial charge in [-0.15, -0.1) is 0 Å². The highest BCUT2D eigenvalue weighted by Gasteiger charge is 2.10. The van der Waals surface area contributed by atoms with Gasteiger partial charge in [0.2, 0.25) is 0 Å². The van der Waals surface area contributed by atoms with Gasteiger partial charge in [0.25, 0.3) is 0 Å². The number of ether oxygens (including phenoxy) is 1. The standard InChI is InChI=1S/C12H17FN2O2/c1-9-4-5-10(13)8-11(9)14-12(16)15(2)6-7-17-3/h4-5,8H,6-7H2,1-3H3,(H,14,16). The molecule has 0 bridgehead atoms. The van der Waals surface area contributed by atoms with E-state index >= 15 is 0 Å². The summed E-state index contributed by atoms with van der Waals surface area (Å²) in [7, 11) is 3.23. The average molecular weight is 240 g/mol. The van der Waals surface area contributed by atoms with Gasteiger partial charge in [0.05, 0.1) is 6.61 Å². The molecule has 0 fully saturated rings. The first kappa shape index (κ1) is 13.4. The maximum atomic E-state index is 13.0. The van der Waals surface area contributed by atoms with E-state index in [-0.39, 0.29) is 11.8 Å². The quantitative estimate of drug-likeness (QED) is 0.877. The van der Waals surface area contributed by atoms with Crippen LogP contribution >= 0.6 is 0 Å². The van der Waals surface area contributed by atoms with Crippen molar-refractivity contribution >= 4 is 11.7 Å². The number of anilines is 1. The molecule has 1 aromatic rings. The van der Waals surface area contributed by atoms with Crippen LogP contribution in [0.25, 0.3) is 0 Å². The van der Waals surface area contributed by atoms with Gasteiger partial charge in [0.1, 0.15) is 5.82 Å². The van der Waals surface area contributed by atoms with Gasteiger partial charge < -0.3 is 15.0 Å². The number of nitrogens with zero attached hydrogens (tertiary/aromatic N) is 1. The van der Waals surface area contributed by atoms with E-state index in [1.807, 2.05) is 6.92 Å². The van der Waals surface area contributed by atoms with Crippen LogP contribution < -0.4 is 5.32 Å². The summed E-state index contributed by atoms with van der Waals surface area (Å²) in [5.41, 5.74) is 1.30. The summed E-state index contributed by atoms with van der Waals surface area (Å²) < 4.78 is 17.9. The van der Waals surface area contributed by atoms with E-state index in [0.717, 1.165) is 5.56 Å². The zero-order chi connectivity index (χ0) is 12.8. The average Bonchev–Trinajstić information content (AvgIpc) is 2.30. The summed E-state index contributed by atoms with van der Waals surface area (Å²) in [5.74, 6) is -0.370. The Balaban J connectivity index is 2.64. The van der Waals surface area contributed by atoms with Gasteiger partial charge in [0, 0.05) is 26.4 Å². The van der Waals surface area contributed by atoms with E-state index < -0.39 is 0 Å². The molecule has 94 valence electrons. The van der Waals surface area contributed by atoms with E-state index in [9.17, 15) is 9.18 Å². The molecule has 0 radical (unpaired) electrons. The Hall–Kier alpha value is -1.62. The number of nitrogens with one attached hydrogen (secondary N) is 1. The van der Waals surface area contributed by atoms with Crippen LogP contribution in [-0.4, -0.2) is 38.2 Å². The SMILES string of the molecule is COCCN(C)C(=O)Nc1cc(F)ccc1C. The second-order valence-electron chi connectivity index (χ2n) is 3.80. The summed E-state index contributed by atoms with van der Waals surface area (Å²) in [4.78, 5) is 13.2. The van der Waals surface area contributed by atoms with Gasteiger partial charge in [-0.05, 0) is 24.6 Å². The van der Waals surface area contributed by atoms with E-state index in [4.69, 9.17) is 4.74 Å². The largest absolute Gasteiger partial charge is 0.383 e. The smallest absolute Gasteiger partial charge is 0.321 e. The number of carbonyl (C=O) groups is 1. The molecule has 2 amide bonds. The van der Waals surface area contributed by atoms with Crippen LogP contribution in [-0.2, 0) is 4.74 Å². The molecule has 1 N–H and O–H groups in total. The molecule has 0 atom stereocenters. The molecular weight excluding hydrogens is 223 g/mol. The van der Waals surface area contributed by atoms with Crippen LogP contribution in [0.1, 0.15) is 5.56 Å². The van der Waals surface area contributed by atoms with Crippen molar-refractivity contribution in [3.8, 4) is 0 Å². The molecule has 4 nitrogen and oxygen atoms in total. The fourth-order valence-corrected chi connectivity index (χ4v) is 1.27. The molecule has 0 saturated carbocycles. The van der Waals surface area contributed by atoms with Gasteiger partial charge in [-0.1, -0.05) is 6.07 Å². The van der Waals surface area contributed by atoms with Crippen molar-refractivity contribution in [3.63, 3.8) is 0 Å². The Labute approximate surface area is 100 Å². The number of likely N-dealkylation sites (N-methyl/N-ethyl adjacent to an activating group) is 1. The third-order valence-corrected chi connectivity index (χ3v) is 2.42. The predicted molar refractivity (Wildman–Crippen MR) is 64.7 cm³/mol. The highest BCUT2D eigenvalue weighted by molar-refractivity contribution is 5.89. The van der Waals surface area contributed by atoms with Crippen LogP contribution in [0.4, 0.5) is 14.9 Å². The first-order valence-corrected chi connectivity index (χ1v) is 5.32. The molecule has 5 heteroatoms. The highest BCUT2D eigenvalue weighted by atomic mass is 19.1. The number of aryl methyl sites for hydroxylation is 1. The van der Waals surface area contributed by atoms with E-state index in [0.29, 0.717) is 18.8 Å². The Morgan fingerprint density at radius 1 is 1.53 bits per heavy atom. The van der Waals surface area contributed by atoms with Crippen LogP contribution in [0.2, 0.25) is 0 Å². The molecule has 17 heavy (non-hydrogen) atoms. The minimum Gasteiger partial charge on any atom is -0.383 e. The van der Waals surface area contributed by atoms with Crippen LogP contribution in [0.3, 0.4) is 0 Å². The Morgan fingerprint density at radius 3 is 2.88 bits per heavy atom. The summed E-state index contributed by atoms with van der Waals surface area (Å²) in [5, 5.41) is 2.65. The monoisotopic (exact) mass is 240 g/mol. The van der Waals surface area contributed by atoms with E-state index in [1.165, 1.54) is 17.0 Å². The van der Waals surface area contributed by atoms with E-state index in [1.54, 1.807) is 20.2 Å². The topological polar surface area (TPSA) is 41.6 Å². The molecule has 0 aliphatic heterocycles. The number of carbonyl (C=O) groups excluding carboxylic acids is 1. The Kier molecular flexibility index (Phi) is 4.90. The van der Waals surface area contributed by atoms with Crippen molar-refractivity contribution in [1.82, 2.24) is 4.90 Å². The van der Waals surface area contributed by atoms with Crippen molar-refractivity contribution in [3.05, 3.63) is 29.6 Å². The first-order chi connectivity index (χ1) is 8.04. The molecular formula is C12H17FN2O2. The molecule has 0 spiro atoms. The number of hydrogen-bond donors (Lipinski definition) is 1. The first-order valence-electron chi connectivity index (χ1n) is 5.32. The maximum Gasteiger partial charge on any atom is 0.321 e. The van der Waals surface area contributed by atoms with Gasteiger partial charge in [-0.2, -0.15) is 0 Å². The molecule has 0 aliphatic carbocycles. The number of rotatable bonds is 4. The molecule has 0 aromatic heterocycles. The number of hydrogen-bond acceptors (Lipinski definition) is 2. The molecule has 0 unspecified atom stereocenters. The van der Waals surface area contributed by atoms with Crippen LogP contribution in [0, 0.1) is 12.7 Å². The summed E-state index contributed by atoms with van der Waals surface area (Å²) in [6.45, 7) is 2.76. The minimum absolute atomic E-state index is 0.282. The maximum absolute atomic E-state index is 13.0. The lowest BCUT2D eigenvalue weighted by Gasteiger charge is -2.18. The second-order valence-corrected chi connectivity index (χ2v) is 3.80. The Morgan fingerprint density at radius 2 is 2.24 bits per heavy atom. The minimum atomic E-state index is -0.370. The molecule has 0 heterocycles. The van der Waals surface area contributed by atoms with Crippen molar-refractivity contribution in [2.45, 2.75) is 6.92 Å². The van der Waals surface area contributed by atoms with Crippen molar-refractivity contribution in [2.75, 3.05) is 32.6 Å².